The average molecular weight is 321 g/mol. The van der Waals surface area contributed by atoms with Gasteiger partial charge in [0.15, 0.2) is 0 Å². The Morgan fingerprint density at radius 3 is 2.22 bits per heavy atom. The number of esters is 1. The number of hydrogen-bond acceptors (Lipinski definition) is 5. The third-order valence-corrected chi connectivity index (χ3v) is 2.85. The first-order chi connectivity index (χ1) is 10.6. The molecule has 23 heavy (non-hydrogen) atoms. The van der Waals surface area contributed by atoms with E-state index in [1.807, 2.05) is 0 Å². The molecule has 0 bridgehead atoms. The second kappa shape index (κ2) is 7.73. The summed E-state index contributed by atoms with van der Waals surface area (Å²) < 4.78 is 5.11. The van der Waals surface area contributed by atoms with E-state index in [9.17, 15) is 14.4 Å². The summed E-state index contributed by atoms with van der Waals surface area (Å²) in [5.74, 6) is -1.95. The normalized spacial score (nSPS) is 13.7. The summed E-state index contributed by atoms with van der Waals surface area (Å²) in [6.45, 7) is 5.15. The molecule has 0 saturated heterocycles. The first-order valence-electron chi connectivity index (χ1n) is 7.22. The Balaban J connectivity index is 2.69. The van der Waals surface area contributed by atoms with Crippen molar-refractivity contribution in [2.75, 3.05) is 0 Å². The van der Waals surface area contributed by atoms with Gasteiger partial charge in [-0.2, -0.15) is 0 Å². The maximum atomic E-state index is 12.1. The van der Waals surface area contributed by atoms with Crippen LogP contribution in [-0.2, 0) is 19.1 Å². The average Bonchev–Trinajstić information content (AvgIpc) is 2.42. The number of amides is 2. The summed E-state index contributed by atoms with van der Waals surface area (Å²) in [5.41, 5.74) is 10.9. The van der Waals surface area contributed by atoms with E-state index in [-0.39, 0.29) is 6.42 Å². The second-order valence-electron chi connectivity index (χ2n) is 6.15. The highest BCUT2D eigenvalue weighted by Gasteiger charge is 2.26. The molecule has 2 atom stereocenters. The highest BCUT2D eigenvalue weighted by atomic mass is 16.6. The number of nitrogens with two attached hydrogens (primary N) is 2. The molecule has 7 heteroatoms. The Hall–Kier alpha value is -2.41. The molecule has 1 aromatic rings. The summed E-state index contributed by atoms with van der Waals surface area (Å²) in [6, 6.07) is 6.40. The molecule has 0 aliphatic heterocycles. The number of ether oxygens (including phenoxy) is 1. The Morgan fingerprint density at radius 2 is 1.74 bits per heavy atom. The fourth-order valence-corrected chi connectivity index (χ4v) is 1.87. The third kappa shape index (κ3) is 6.48. The zero-order valence-electron chi connectivity index (χ0n) is 13.5. The lowest BCUT2D eigenvalue weighted by Crippen LogP contribution is -2.47. The van der Waals surface area contributed by atoms with Crippen LogP contribution in [0.25, 0.3) is 0 Å². The molecule has 0 aliphatic rings. The van der Waals surface area contributed by atoms with Crippen LogP contribution in [0.4, 0.5) is 0 Å². The van der Waals surface area contributed by atoms with Gasteiger partial charge in [0.25, 0.3) is 0 Å². The molecule has 5 N–H and O–H groups in total. The van der Waals surface area contributed by atoms with Gasteiger partial charge >= 0.3 is 5.97 Å². The quantitative estimate of drug-likeness (QED) is 0.654. The molecule has 2 amide bonds. The largest absolute Gasteiger partial charge is 0.460 e. The Labute approximate surface area is 135 Å². The minimum atomic E-state index is -1.13. The summed E-state index contributed by atoms with van der Waals surface area (Å²) in [4.78, 5) is 35.3. The summed E-state index contributed by atoms with van der Waals surface area (Å²) in [5, 5.41) is 2.45. The maximum Gasteiger partial charge on any atom is 0.308 e. The van der Waals surface area contributed by atoms with Crippen molar-refractivity contribution in [3.8, 4) is 0 Å². The lowest BCUT2D eigenvalue weighted by atomic mass is 10.1. The van der Waals surface area contributed by atoms with Gasteiger partial charge in [-0.25, -0.2) is 0 Å². The van der Waals surface area contributed by atoms with Crippen molar-refractivity contribution in [2.24, 2.45) is 11.5 Å². The van der Waals surface area contributed by atoms with Gasteiger partial charge in [-0.15, -0.1) is 0 Å². The highest BCUT2D eigenvalue weighted by Crippen LogP contribution is 2.13. The molecule has 0 heterocycles. The Kier molecular flexibility index (Phi) is 6.27. The summed E-state index contributed by atoms with van der Waals surface area (Å²) in [6.07, 6.45) is -0.288. The van der Waals surface area contributed by atoms with Crippen molar-refractivity contribution in [1.29, 1.82) is 0 Å². The van der Waals surface area contributed by atoms with Crippen molar-refractivity contribution in [3.05, 3.63) is 35.9 Å². The zero-order valence-corrected chi connectivity index (χ0v) is 13.5. The second-order valence-corrected chi connectivity index (χ2v) is 6.15. The lowest BCUT2D eigenvalue weighted by molar-refractivity contribution is -0.156. The molecule has 0 radical (unpaired) electrons. The molecule has 0 saturated carbocycles. The predicted octanol–water partition coefficient (Wildman–Crippen LogP) is 0.388. The summed E-state index contributed by atoms with van der Waals surface area (Å²) in [7, 11) is 0. The Bertz CT molecular complexity index is 566. The number of rotatable bonds is 6. The molecule has 0 aromatic heterocycles. The van der Waals surface area contributed by atoms with Crippen molar-refractivity contribution in [3.63, 3.8) is 0 Å². The van der Waals surface area contributed by atoms with Crippen LogP contribution in [0.15, 0.2) is 30.3 Å². The van der Waals surface area contributed by atoms with Crippen LogP contribution in [0.5, 0.6) is 0 Å². The molecule has 1 rings (SSSR count). The number of benzene rings is 1. The number of carbonyl (C=O) groups is 3. The van der Waals surface area contributed by atoms with Crippen molar-refractivity contribution in [2.45, 2.75) is 44.9 Å². The maximum absolute atomic E-state index is 12.1. The fourth-order valence-electron chi connectivity index (χ4n) is 1.87. The highest BCUT2D eigenvalue weighted by molar-refractivity contribution is 5.91. The first-order valence-corrected chi connectivity index (χ1v) is 7.22. The Morgan fingerprint density at radius 1 is 1.17 bits per heavy atom. The van der Waals surface area contributed by atoms with E-state index in [4.69, 9.17) is 16.2 Å². The molecular weight excluding hydrogens is 298 g/mol. The van der Waals surface area contributed by atoms with Crippen LogP contribution in [0, 0.1) is 0 Å². The topological polar surface area (TPSA) is 125 Å². The van der Waals surface area contributed by atoms with Gasteiger partial charge in [0.2, 0.25) is 11.8 Å². The van der Waals surface area contributed by atoms with Crippen LogP contribution in [0.3, 0.4) is 0 Å². The van der Waals surface area contributed by atoms with E-state index in [0.29, 0.717) is 5.56 Å². The summed E-state index contributed by atoms with van der Waals surface area (Å²) >= 11 is 0. The molecule has 0 aliphatic carbocycles. The number of hydrogen-bond donors (Lipinski definition) is 3. The molecule has 0 unspecified atom stereocenters. The van der Waals surface area contributed by atoms with Gasteiger partial charge < -0.3 is 21.5 Å². The van der Waals surface area contributed by atoms with Crippen LogP contribution in [0.1, 0.15) is 38.8 Å². The van der Waals surface area contributed by atoms with Crippen molar-refractivity contribution >= 4 is 17.8 Å². The standard InChI is InChI=1S/C16H23N3O4/c1-16(2,3)23-12(20)9-11(17)15(22)19-13(14(18)21)10-7-5-4-6-8-10/h4-8,11,13H,9,17H2,1-3H3,(H2,18,21)(H,19,22)/t11-,13+/m0/s1. The first kappa shape index (κ1) is 18.6. The monoisotopic (exact) mass is 321 g/mol. The van der Waals surface area contributed by atoms with E-state index >= 15 is 0 Å². The lowest BCUT2D eigenvalue weighted by Gasteiger charge is -2.22. The van der Waals surface area contributed by atoms with Gasteiger partial charge in [-0.3, -0.25) is 14.4 Å². The predicted molar refractivity (Wildman–Crippen MR) is 85.0 cm³/mol. The van der Waals surface area contributed by atoms with Crippen LogP contribution in [-0.4, -0.2) is 29.4 Å². The fraction of sp³-hybridized carbons (Fsp3) is 0.438. The van der Waals surface area contributed by atoms with Gasteiger partial charge in [-0.05, 0) is 26.3 Å². The molecule has 126 valence electrons. The van der Waals surface area contributed by atoms with Crippen LogP contribution < -0.4 is 16.8 Å². The van der Waals surface area contributed by atoms with Gasteiger partial charge in [-0.1, -0.05) is 30.3 Å². The molecular formula is C16H23N3O4. The minimum Gasteiger partial charge on any atom is -0.460 e. The minimum absolute atomic E-state index is 0.288. The number of carbonyl (C=O) groups excluding carboxylic acids is 3. The zero-order chi connectivity index (χ0) is 17.6. The van der Waals surface area contributed by atoms with Crippen molar-refractivity contribution in [1.82, 2.24) is 5.32 Å². The van der Waals surface area contributed by atoms with Gasteiger partial charge in [0.05, 0.1) is 12.5 Å². The number of nitrogens with one attached hydrogen (secondary N) is 1. The van der Waals surface area contributed by atoms with E-state index in [1.165, 1.54) is 0 Å². The van der Waals surface area contributed by atoms with E-state index < -0.39 is 35.5 Å². The molecule has 7 nitrogen and oxygen atoms in total. The molecule has 1 aromatic carbocycles. The van der Waals surface area contributed by atoms with Crippen LogP contribution >= 0.6 is 0 Å². The van der Waals surface area contributed by atoms with E-state index in [2.05, 4.69) is 5.32 Å². The SMILES string of the molecule is CC(C)(C)OC(=O)C[C@H](N)C(=O)N[C@@H](C(N)=O)c1ccccc1. The smallest absolute Gasteiger partial charge is 0.308 e. The van der Waals surface area contributed by atoms with E-state index in [1.54, 1.807) is 51.1 Å². The molecule has 0 fully saturated rings. The van der Waals surface area contributed by atoms with Crippen LogP contribution in [0.2, 0.25) is 0 Å². The molecule has 0 spiro atoms. The third-order valence-electron chi connectivity index (χ3n) is 2.85. The van der Waals surface area contributed by atoms with Gasteiger partial charge in [0, 0.05) is 0 Å². The number of primary amides is 1. The van der Waals surface area contributed by atoms with Crippen molar-refractivity contribution < 1.29 is 19.1 Å². The van der Waals surface area contributed by atoms with Gasteiger partial charge in [0.1, 0.15) is 11.6 Å². The van der Waals surface area contributed by atoms with E-state index in [0.717, 1.165) is 0 Å².